The zero-order chi connectivity index (χ0) is 13.7. The van der Waals surface area contributed by atoms with Gasteiger partial charge in [-0.3, -0.25) is 0 Å². The molecule has 0 aliphatic carbocycles. The molecule has 0 saturated carbocycles. The highest BCUT2D eigenvalue weighted by atomic mass is 16.5. The summed E-state index contributed by atoms with van der Waals surface area (Å²) in [5.74, 6) is 0.734. The molecule has 1 aliphatic rings. The molecule has 1 aromatic rings. The van der Waals surface area contributed by atoms with Crippen molar-refractivity contribution in [1.29, 1.82) is 0 Å². The van der Waals surface area contributed by atoms with Crippen LogP contribution in [0.3, 0.4) is 0 Å². The van der Waals surface area contributed by atoms with Gasteiger partial charge in [0.15, 0.2) is 5.84 Å². The summed E-state index contributed by atoms with van der Waals surface area (Å²) in [5.41, 5.74) is 7.39. The molecular weight excluding hydrogens is 242 g/mol. The van der Waals surface area contributed by atoms with Crippen molar-refractivity contribution in [2.24, 2.45) is 16.8 Å². The van der Waals surface area contributed by atoms with Gasteiger partial charge >= 0.3 is 0 Å². The molecule has 1 aliphatic heterocycles. The topological polar surface area (TPSA) is 71.1 Å². The minimum Gasteiger partial charge on any atom is -0.409 e. The number of benzene rings is 1. The molecule has 1 saturated heterocycles. The lowest BCUT2D eigenvalue weighted by Crippen LogP contribution is -2.30. The van der Waals surface area contributed by atoms with E-state index < -0.39 is 0 Å². The lowest BCUT2D eigenvalue weighted by molar-refractivity contribution is 0.0576. The zero-order valence-electron chi connectivity index (χ0n) is 11.2. The average Bonchev–Trinajstić information content (AvgIpc) is 2.47. The molecule has 104 valence electrons. The van der Waals surface area contributed by atoms with E-state index in [0.29, 0.717) is 5.92 Å². The van der Waals surface area contributed by atoms with Crippen molar-refractivity contribution in [1.82, 2.24) is 0 Å². The fourth-order valence-electron chi connectivity index (χ4n) is 2.39. The summed E-state index contributed by atoms with van der Waals surface area (Å²) in [5, 5.41) is 11.6. The SMILES string of the molecule is CN(CC1CCCOC1)c1ccc(C(N)=NO)cc1. The number of hydrogen-bond donors (Lipinski definition) is 2. The maximum absolute atomic E-state index is 8.62. The molecular formula is C14H21N3O2. The molecule has 5 heteroatoms. The molecule has 19 heavy (non-hydrogen) atoms. The third kappa shape index (κ3) is 3.61. The fraction of sp³-hybridized carbons (Fsp3) is 0.500. The van der Waals surface area contributed by atoms with Gasteiger partial charge in [-0.2, -0.15) is 0 Å². The number of ether oxygens (including phenoxy) is 1. The van der Waals surface area contributed by atoms with Gasteiger partial charge in [0.2, 0.25) is 0 Å². The fourth-order valence-corrected chi connectivity index (χ4v) is 2.39. The Labute approximate surface area is 113 Å². The third-order valence-electron chi connectivity index (χ3n) is 3.50. The molecule has 0 spiro atoms. The van der Waals surface area contributed by atoms with E-state index in [4.69, 9.17) is 15.7 Å². The molecule has 1 atom stereocenters. The number of amidine groups is 1. The lowest BCUT2D eigenvalue weighted by Gasteiger charge is -2.28. The summed E-state index contributed by atoms with van der Waals surface area (Å²) >= 11 is 0. The van der Waals surface area contributed by atoms with Crippen LogP contribution in [-0.4, -0.2) is 37.8 Å². The van der Waals surface area contributed by atoms with E-state index in [2.05, 4.69) is 17.1 Å². The van der Waals surface area contributed by atoms with E-state index in [1.54, 1.807) is 0 Å². The Morgan fingerprint density at radius 2 is 2.21 bits per heavy atom. The van der Waals surface area contributed by atoms with Gasteiger partial charge in [0, 0.05) is 31.5 Å². The first-order valence-corrected chi connectivity index (χ1v) is 6.57. The Kier molecular flexibility index (Phi) is 4.63. The Hall–Kier alpha value is -1.75. The molecule has 1 heterocycles. The van der Waals surface area contributed by atoms with Gasteiger partial charge in [-0.05, 0) is 43.0 Å². The quantitative estimate of drug-likeness (QED) is 0.375. The highest BCUT2D eigenvalue weighted by Gasteiger charge is 2.16. The summed E-state index contributed by atoms with van der Waals surface area (Å²) in [6.07, 6.45) is 2.38. The Balaban J connectivity index is 1.96. The Morgan fingerprint density at radius 1 is 1.47 bits per heavy atom. The van der Waals surface area contributed by atoms with Crippen LogP contribution in [0.25, 0.3) is 0 Å². The van der Waals surface area contributed by atoms with Crippen molar-refractivity contribution in [2.75, 3.05) is 31.7 Å². The molecule has 2 rings (SSSR count). The van der Waals surface area contributed by atoms with Gasteiger partial charge in [0.05, 0.1) is 6.61 Å². The third-order valence-corrected chi connectivity index (χ3v) is 3.50. The summed E-state index contributed by atoms with van der Waals surface area (Å²) in [7, 11) is 2.08. The van der Waals surface area contributed by atoms with Crippen molar-refractivity contribution < 1.29 is 9.94 Å². The zero-order valence-corrected chi connectivity index (χ0v) is 11.2. The van der Waals surface area contributed by atoms with Crippen LogP contribution >= 0.6 is 0 Å². The van der Waals surface area contributed by atoms with Crippen LogP contribution in [0, 0.1) is 5.92 Å². The Bertz CT molecular complexity index is 425. The molecule has 3 N–H and O–H groups in total. The van der Waals surface area contributed by atoms with Crippen molar-refractivity contribution in [3.05, 3.63) is 29.8 Å². The van der Waals surface area contributed by atoms with Crippen LogP contribution in [0.5, 0.6) is 0 Å². The van der Waals surface area contributed by atoms with Gasteiger partial charge in [-0.25, -0.2) is 0 Å². The average molecular weight is 263 g/mol. The van der Waals surface area contributed by atoms with E-state index in [9.17, 15) is 0 Å². The van der Waals surface area contributed by atoms with Crippen LogP contribution in [0.1, 0.15) is 18.4 Å². The summed E-state index contributed by atoms with van der Waals surface area (Å²) in [6.45, 7) is 2.74. The first kappa shape index (κ1) is 13.7. The minimum absolute atomic E-state index is 0.134. The van der Waals surface area contributed by atoms with E-state index in [1.807, 2.05) is 24.3 Å². The van der Waals surface area contributed by atoms with Crippen molar-refractivity contribution in [2.45, 2.75) is 12.8 Å². The molecule has 1 aromatic carbocycles. The summed E-state index contributed by atoms with van der Waals surface area (Å²) in [4.78, 5) is 2.22. The molecule has 1 fully saturated rings. The van der Waals surface area contributed by atoms with Crippen LogP contribution in [0.2, 0.25) is 0 Å². The van der Waals surface area contributed by atoms with Crippen molar-refractivity contribution in [3.8, 4) is 0 Å². The monoisotopic (exact) mass is 263 g/mol. The van der Waals surface area contributed by atoms with Crippen LogP contribution in [0.15, 0.2) is 29.4 Å². The standard InChI is InChI=1S/C14H21N3O2/c1-17(9-11-3-2-8-19-10-11)13-6-4-12(5-7-13)14(15)16-18/h4-7,11,18H,2-3,8-10H2,1H3,(H2,15,16). The second-order valence-corrected chi connectivity index (χ2v) is 5.00. The predicted octanol–water partition coefficient (Wildman–Crippen LogP) is 1.64. The smallest absolute Gasteiger partial charge is 0.170 e. The van der Waals surface area contributed by atoms with E-state index in [-0.39, 0.29) is 5.84 Å². The Morgan fingerprint density at radius 3 is 2.79 bits per heavy atom. The van der Waals surface area contributed by atoms with Crippen LogP contribution < -0.4 is 10.6 Å². The van der Waals surface area contributed by atoms with Gasteiger partial charge in [-0.15, -0.1) is 0 Å². The largest absolute Gasteiger partial charge is 0.409 e. The van der Waals surface area contributed by atoms with E-state index in [1.165, 1.54) is 6.42 Å². The number of nitrogens with zero attached hydrogens (tertiary/aromatic N) is 2. The highest BCUT2D eigenvalue weighted by molar-refractivity contribution is 5.97. The normalized spacial score (nSPS) is 20.3. The maximum Gasteiger partial charge on any atom is 0.170 e. The van der Waals surface area contributed by atoms with E-state index >= 15 is 0 Å². The molecule has 1 unspecified atom stereocenters. The van der Waals surface area contributed by atoms with Gasteiger partial charge in [0.25, 0.3) is 0 Å². The van der Waals surface area contributed by atoms with Gasteiger partial charge in [-0.1, -0.05) is 5.16 Å². The maximum atomic E-state index is 8.62. The number of hydrogen-bond acceptors (Lipinski definition) is 4. The van der Waals surface area contributed by atoms with Gasteiger partial charge in [0.1, 0.15) is 0 Å². The predicted molar refractivity (Wildman–Crippen MR) is 75.8 cm³/mol. The van der Waals surface area contributed by atoms with Crippen molar-refractivity contribution in [3.63, 3.8) is 0 Å². The molecule has 0 radical (unpaired) electrons. The second kappa shape index (κ2) is 6.43. The van der Waals surface area contributed by atoms with Crippen LogP contribution in [-0.2, 0) is 4.74 Å². The number of nitrogens with two attached hydrogens (primary N) is 1. The van der Waals surface area contributed by atoms with E-state index in [0.717, 1.165) is 37.4 Å². The summed E-state index contributed by atoms with van der Waals surface area (Å²) < 4.78 is 5.50. The summed E-state index contributed by atoms with van der Waals surface area (Å²) in [6, 6.07) is 7.69. The number of oxime groups is 1. The first-order valence-electron chi connectivity index (χ1n) is 6.57. The number of rotatable bonds is 4. The number of anilines is 1. The van der Waals surface area contributed by atoms with Crippen LogP contribution in [0.4, 0.5) is 5.69 Å². The molecule has 0 bridgehead atoms. The molecule has 0 amide bonds. The molecule has 0 aromatic heterocycles. The second-order valence-electron chi connectivity index (χ2n) is 5.00. The molecule has 5 nitrogen and oxygen atoms in total. The first-order chi connectivity index (χ1) is 9.20. The minimum atomic E-state index is 0.134. The van der Waals surface area contributed by atoms with Crippen molar-refractivity contribution >= 4 is 11.5 Å². The lowest BCUT2D eigenvalue weighted by atomic mass is 10.0. The van der Waals surface area contributed by atoms with Gasteiger partial charge < -0.3 is 20.6 Å². The highest BCUT2D eigenvalue weighted by Crippen LogP contribution is 2.19.